The third kappa shape index (κ3) is 4.59. The van der Waals surface area contributed by atoms with E-state index in [-0.39, 0.29) is 0 Å². The van der Waals surface area contributed by atoms with E-state index >= 15 is 0 Å². The molecule has 1 fully saturated rings. The minimum absolute atomic E-state index is 0.666. The molecule has 17 heavy (non-hydrogen) atoms. The predicted molar refractivity (Wildman–Crippen MR) is 76.4 cm³/mol. The van der Waals surface area contributed by atoms with Crippen molar-refractivity contribution in [3.8, 4) is 0 Å². The summed E-state index contributed by atoms with van der Waals surface area (Å²) < 4.78 is 0. The van der Waals surface area contributed by atoms with E-state index in [2.05, 4.69) is 45.0 Å². The summed E-state index contributed by atoms with van der Waals surface area (Å²) in [5.41, 5.74) is 0. The first-order valence-corrected chi connectivity index (χ1v) is 7.53. The maximum atomic E-state index is 3.85. The molecule has 2 heteroatoms. The van der Waals surface area contributed by atoms with E-state index in [1.165, 1.54) is 38.8 Å². The quantitative estimate of drug-likeness (QED) is 0.767. The molecule has 1 N–H and O–H groups in total. The molecule has 0 saturated carbocycles. The third-order valence-electron chi connectivity index (χ3n) is 4.75. The highest BCUT2D eigenvalue weighted by atomic mass is 15.1. The zero-order valence-electron chi connectivity index (χ0n) is 12.5. The van der Waals surface area contributed by atoms with Crippen LogP contribution in [-0.2, 0) is 0 Å². The predicted octanol–water partition coefficient (Wildman–Crippen LogP) is 3.13. The van der Waals surface area contributed by atoms with Gasteiger partial charge in [0.05, 0.1) is 0 Å². The second-order valence-electron chi connectivity index (χ2n) is 5.96. The van der Waals surface area contributed by atoms with Crippen LogP contribution in [0, 0.1) is 11.8 Å². The lowest BCUT2D eigenvalue weighted by Gasteiger charge is -2.36. The van der Waals surface area contributed by atoms with Gasteiger partial charge in [-0.3, -0.25) is 0 Å². The lowest BCUT2D eigenvalue weighted by Crippen LogP contribution is -2.46. The summed E-state index contributed by atoms with van der Waals surface area (Å²) in [6, 6.07) is 1.35. The monoisotopic (exact) mass is 240 g/mol. The van der Waals surface area contributed by atoms with Gasteiger partial charge in [0, 0.05) is 12.1 Å². The highest BCUT2D eigenvalue weighted by molar-refractivity contribution is 4.82. The Labute approximate surface area is 108 Å². The molecule has 1 aliphatic heterocycles. The van der Waals surface area contributed by atoms with Crippen LogP contribution in [-0.4, -0.2) is 37.1 Å². The molecule has 0 amide bonds. The molecule has 1 heterocycles. The van der Waals surface area contributed by atoms with Crippen molar-refractivity contribution in [3.63, 3.8) is 0 Å². The Morgan fingerprint density at radius 3 is 2.12 bits per heavy atom. The van der Waals surface area contributed by atoms with Crippen LogP contribution in [0.3, 0.4) is 0 Å². The van der Waals surface area contributed by atoms with Gasteiger partial charge in [-0.2, -0.15) is 0 Å². The van der Waals surface area contributed by atoms with Crippen molar-refractivity contribution in [2.24, 2.45) is 11.8 Å². The maximum absolute atomic E-state index is 3.85. The minimum Gasteiger partial charge on any atom is -0.311 e. The Balaban J connectivity index is 2.35. The largest absolute Gasteiger partial charge is 0.311 e. The molecular weight excluding hydrogens is 208 g/mol. The van der Waals surface area contributed by atoms with Crippen LogP contribution >= 0.6 is 0 Å². The van der Waals surface area contributed by atoms with Gasteiger partial charge in [0.2, 0.25) is 0 Å². The topological polar surface area (TPSA) is 15.3 Å². The van der Waals surface area contributed by atoms with Crippen LogP contribution in [0.5, 0.6) is 0 Å². The fourth-order valence-corrected chi connectivity index (χ4v) is 3.21. The number of hydrogen-bond acceptors (Lipinski definition) is 2. The summed E-state index contributed by atoms with van der Waals surface area (Å²) >= 11 is 0. The molecule has 2 nitrogen and oxygen atoms in total. The summed E-state index contributed by atoms with van der Waals surface area (Å²) in [7, 11) is 2.24. The SMILES string of the molecule is CCC(CC)C(C)NC(C)C1CCN(C)CC1. The Morgan fingerprint density at radius 1 is 1.12 bits per heavy atom. The molecule has 0 spiro atoms. The molecule has 0 radical (unpaired) electrons. The molecule has 102 valence electrons. The second kappa shape index (κ2) is 7.38. The van der Waals surface area contributed by atoms with E-state index in [0.717, 1.165) is 11.8 Å². The fourth-order valence-electron chi connectivity index (χ4n) is 3.21. The standard InChI is InChI=1S/C15H32N2/c1-6-14(7-2)12(3)16-13(4)15-8-10-17(5)11-9-15/h12-16H,6-11H2,1-5H3. The van der Waals surface area contributed by atoms with Gasteiger partial charge in [-0.05, 0) is 58.7 Å². The molecule has 2 unspecified atom stereocenters. The van der Waals surface area contributed by atoms with E-state index in [4.69, 9.17) is 0 Å². The number of likely N-dealkylation sites (tertiary alicyclic amines) is 1. The first-order chi connectivity index (χ1) is 8.08. The lowest BCUT2D eigenvalue weighted by molar-refractivity contribution is 0.176. The van der Waals surface area contributed by atoms with Crippen LogP contribution in [0.2, 0.25) is 0 Å². The average molecular weight is 240 g/mol. The summed E-state index contributed by atoms with van der Waals surface area (Å²) in [6.07, 6.45) is 5.32. The van der Waals surface area contributed by atoms with Crippen molar-refractivity contribution >= 4 is 0 Å². The fraction of sp³-hybridized carbons (Fsp3) is 1.00. The van der Waals surface area contributed by atoms with Gasteiger partial charge >= 0.3 is 0 Å². The molecule has 2 atom stereocenters. The molecule has 1 rings (SSSR count). The molecular formula is C15H32N2. The van der Waals surface area contributed by atoms with E-state index < -0.39 is 0 Å². The number of piperidine rings is 1. The van der Waals surface area contributed by atoms with Crippen molar-refractivity contribution < 1.29 is 0 Å². The van der Waals surface area contributed by atoms with Gasteiger partial charge in [0.25, 0.3) is 0 Å². The van der Waals surface area contributed by atoms with Crippen molar-refractivity contribution in [3.05, 3.63) is 0 Å². The van der Waals surface area contributed by atoms with Crippen LogP contribution in [0.1, 0.15) is 53.4 Å². The first kappa shape index (κ1) is 15.0. The van der Waals surface area contributed by atoms with Crippen molar-refractivity contribution in [2.75, 3.05) is 20.1 Å². The lowest BCUT2D eigenvalue weighted by atomic mass is 9.88. The van der Waals surface area contributed by atoms with Crippen LogP contribution in [0.15, 0.2) is 0 Å². The molecule has 0 aromatic heterocycles. The number of nitrogens with one attached hydrogen (secondary N) is 1. The Morgan fingerprint density at radius 2 is 1.65 bits per heavy atom. The van der Waals surface area contributed by atoms with Crippen LogP contribution < -0.4 is 5.32 Å². The molecule has 1 saturated heterocycles. The normalized spacial score (nSPS) is 22.9. The number of hydrogen-bond donors (Lipinski definition) is 1. The second-order valence-corrected chi connectivity index (χ2v) is 5.96. The summed E-state index contributed by atoms with van der Waals surface area (Å²) in [6.45, 7) is 11.9. The Kier molecular flexibility index (Phi) is 6.50. The van der Waals surface area contributed by atoms with Gasteiger partial charge in [0.15, 0.2) is 0 Å². The van der Waals surface area contributed by atoms with Crippen molar-refractivity contribution in [1.29, 1.82) is 0 Å². The highest BCUT2D eigenvalue weighted by Crippen LogP contribution is 2.21. The zero-order chi connectivity index (χ0) is 12.8. The summed E-state index contributed by atoms with van der Waals surface area (Å²) in [5.74, 6) is 1.71. The van der Waals surface area contributed by atoms with E-state index in [1.807, 2.05) is 0 Å². The maximum Gasteiger partial charge on any atom is 0.00705 e. The average Bonchev–Trinajstić information content (AvgIpc) is 2.31. The van der Waals surface area contributed by atoms with Gasteiger partial charge in [-0.1, -0.05) is 26.7 Å². The smallest absolute Gasteiger partial charge is 0.00705 e. The molecule has 1 aliphatic rings. The van der Waals surface area contributed by atoms with Gasteiger partial charge < -0.3 is 10.2 Å². The number of nitrogens with zero attached hydrogens (tertiary/aromatic N) is 1. The van der Waals surface area contributed by atoms with E-state index in [0.29, 0.717) is 12.1 Å². The summed E-state index contributed by atoms with van der Waals surface area (Å²) in [5, 5.41) is 3.85. The third-order valence-corrected chi connectivity index (χ3v) is 4.75. The van der Waals surface area contributed by atoms with Crippen LogP contribution in [0.25, 0.3) is 0 Å². The van der Waals surface area contributed by atoms with E-state index in [1.54, 1.807) is 0 Å². The number of rotatable bonds is 6. The van der Waals surface area contributed by atoms with Crippen molar-refractivity contribution in [1.82, 2.24) is 10.2 Å². The Hall–Kier alpha value is -0.0800. The van der Waals surface area contributed by atoms with Crippen molar-refractivity contribution in [2.45, 2.75) is 65.5 Å². The molecule has 0 aliphatic carbocycles. The highest BCUT2D eigenvalue weighted by Gasteiger charge is 2.24. The molecule has 0 aromatic rings. The zero-order valence-corrected chi connectivity index (χ0v) is 12.5. The van der Waals surface area contributed by atoms with Gasteiger partial charge in [0.1, 0.15) is 0 Å². The van der Waals surface area contributed by atoms with Gasteiger partial charge in [-0.25, -0.2) is 0 Å². The Bertz CT molecular complexity index is 193. The first-order valence-electron chi connectivity index (χ1n) is 7.53. The van der Waals surface area contributed by atoms with Gasteiger partial charge in [-0.15, -0.1) is 0 Å². The van der Waals surface area contributed by atoms with Crippen LogP contribution in [0.4, 0.5) is 0 Å². The summed E-state index contributed by atoms with van der Waals surface area (Å²) in [4.78, 5) is 2.45. The molecule has 0 aromatic carbocycles. The molecule has 0 bridgehead atoms. The minimum atomic E-state index is 0.666. The van der Waals surface area contributed by atoms with E-state index in [9.17, 15) is 0 Å².